The van der Waals surface area contributed by atoms with Gasteiger partial charge in [-0.1, -0.05) is 187 Å². The third kappa shape index (κ3) is 15.0. The van der Waals surface area contributed by atoms with Gasteiger partial charge in [-0.3, -0.25) is 9.78 Å². The molecule has 0 atom stereocenters. The van der Waals surface area contributed by atoms with Gasteiger partial charge in [0.25, 0.3) is 0 Å². The van der Waals surface area contributed by atoms with E-state index in [0.29, 0.717) is 16.7 Å². The van der Waals surface area contributed by atoms with Gasteiger partial charge in [0, 0.05) is 76.6 Å². The molecule has 0 aliphatic heterocycles. The maximum absolute atomic E-state index is 11.7. The molecule has 10 rings (SSSR count). The summed E-state index contributed by atoms with van der Waals surface area (Å²) in [7, 11) is 0. The maximum Gasteiger partial charge on any atom is 0.162 e. The van der Waals surface area contributed by atoms with Crippen molar-refractivity contribution < 1.29 is 30.0 Å². The molecule has 1 aliphatic carbocycles. The first-order valence-electron chi connectivity index (χ1n) is 29.3. The molecule has 1 aliphatic rings. The molecule has 1 saturated carbocycles. The Hall–Kier alpha value is -5.78. The first-order valence-corrected chi connectivity index (χ1v) is 30.1. The predicted molar refractivity (Wildman–Crippen MR) is 341 cm³/mol. The van der Waals surface area contributed by atoms with Crippen molar-refractivity contribution in [3.05, 3.63) is 179 Å². The van der Waals surface area contributed by atoms with Gasteiger partial charge in [0.15, 0.2) is 5.78 Å². The number of aryl methyl sites for hydroxylation is 2. The Bertz CT molecular complexity index is 3570. The van der Waals surface area contributed by atoms with E-state index in [1.165, 1.54) is 101 Å². The second kappa shape index (κ2) is 26.4. The van der Waals surface area contributed by atoms with Crippen molar-refractivity contribution in [2.75, 3.05) is 0 Å². The summed E-state index contributed by atoms with van der Waals surface area (Å²) in [6.45, 7) is 30.8. The zero-order valence-corrected chi connectivity index (χ0v) is 53.5. The molecule has 9 aromatic rings. The van der Waals surface area contributed by atoms with Gasteiger partial charge in [0.1, 0.15) is 0 Å². The van der Waals surface area contributed by atoms with E-state index in [1.54, 1.807) is 0 Å². The molecule has 80 heavy (non-hydrogen) atoms. The second-order valence-electron chi connectivity index (χ2n) is 25.5. The Labute approximate surface area is 497 Å². The fraction of sp³-hybridized carbons (Fsp3) is 0.392. The molecule has 0 amide bonds. The molecule has 0 unspecified atom stereocenters. The molecule has 0 saturated heterocycles. The van der Waals surface area contributed by atoms with Gasteiger partial charge >= 0.3 is 0 Å². The van der Waals surface area contributed by atoms with Crippen molar-refractivity contribution in [1.82, 2.24) is 9.97 Å². The van der Waals surface area contributed by atoms with Crippen molar-refractivity contribution in [2.45, 2.75) is 166 Å². The number of hydrogen-bond acceptors (Lipinski definition) is 5. The van der Waals surface area contributed by atoms with Gasteiger partial charge in [-0.05, 0) is 130 Å². The maximum atomic E-state index is 11.7. The molecule has 1 radical (unpaired) electrons. The number of carbonyl (C=O) groups is 1. The number of fused-ring (bicyclic) bond motifs is 6. The van der Waals surface area contributed by atoms with E-state index >= 15 is 0 Å². The smallest absolute Gasteiger partial charge is 0.162 e. The van der Waals surface area contributed by atoms with Crippen LogP contribution >= 0.6 is 11.3 Å². The van der Waals surface area contributed by atoms with Crippen molar-refractivity contribution in [2.24, 2.45) is 22.7 Å². The first-order chi connectivity index (χ1) is 37.6. The molecule has 0 bridgehead atoms. The third-order valence-corrected chi connectivity index (χ3v) is 17.6. The third-order valence-electron chi connectivity index (χ3n) is 16.3. The topological polar surface area (TPSA) is 63.1 Å². The zero-order valence-electron chi connectivity index (χ0n) is 50.3. The van der Waals surface area contributed by atoms with Crippen LogP contribution in [0.15, 0.2) is 139 Å². The van der Waals surface area contributed by atoms with E-state index < -0.39 is 0 Å². The van der Waals surface area contributed by atoms with E-state index in [-0.39, 0.29) is 48.9 Å². The largest absolute Gasteiger partial charge is 0.512 e. The Balaban J connectivity index is 0.000000185. The standard InChI is InChI=1S/C33H36N.C28H26NS.C13H24O2.Ir/c1-32(2,3)30-21-28(20-27-8-6-7-9-29(27)30)31-22-26(16-19-34-31)24-12-10-23(11-13-24)25-14-17-33(4,5)18-15-25;1-17-12-18(2)14-21(13-17)25-27-24(10-11-29-25)23-9-7-20-15-19(16-28(3,4)5)6-8-22(20)26(23)30-27;1-5-10(6-2)12(14)9-13(15)11(7-3)8-4;/h6-13,16,19,21-22,25H,14-15,17-18H2,1-5H3;6-13,15H,16H2,1-5H3;9-11,14H,5-8H2,1-4H3;/q2*-1;;/b;;12-9-;. The molecule has 4 nitrogen and oxygen atoms in total. The van der Waals surface area contributed by atoms with Crippen LogP contribution in [0.5, 0.6) is 0 Å². The van der Waals surface area contributed by atoms with Crippen molar-refractivity contribution in [3.63, 3.8) is 0 Å². The summed E-state index contributed by atoms with van der Waals surface area (Å²) in [4.78, 5) is 21.2. The molecule has 1 fully saturated rings. The summed E-state index contributed by atoms with van der Waals surface area (Å²) >= 11 is 1.86. The minimum Gasteiger partial charge on any atom is -0.512 e. The van der Waals surface area contributed by atoms with Crippen LogP contribution in [-0.2, 0) is 36.7 Å². The van der Waals surface area contributed by atoms with Crippen LogP contribution in [0.1, 0.15) is 168 Å². The average Bonchev–Trinajstić information content (AvgIpc) is 3.84. The summed E-state index contributed by atoms with van der Waals surface area (Å²) in [6, 6.07) is 49.6. The molecule has 0 spiro atoms. The summed E-state index contributed by atoms with van der Waals surface area (Å²) < 4.78 is 2.60. The van der Waals surface area contributed by atoms with Gasteiger partial charge in [-0.15, -0.1) is 75.4 Å². The van der Waals surface area contributed by atoms with Gasteiger partial charge in [-0.25, -0.2) is 0 Å². The van der Waals surface area contributed by atoms with Gasteiger partial charge in [0.05, 0.1) is 5.76 Å². The van der Waals surface area contributed by atoms with Crippen LogP contribution in [0.3, 0.4) is 0 Å². The number of pyridine rings is 2. The number of ketones is 1. The molecule has 6 heteroatoms. The molecule has 3 aromatic heterocycles. The zero-order chi connectivity index (χ0) is 56.8. The van der Waals surface area contributed by atoms with E-state index in [0.717, 1.165) is 65.6 Å². The van der Waals surface area contributed by atoms with Gasteiger partial charge in [0.2, 0.25) is 0 Å². The number of hydrogen-bond donors (Lipinski definition) is 1. The molecular formula is C74H86IrN2O2S-2. The number of allylic oxidation sites excluding steroid dienone is 2. The van der Waals surface area contributed by atoms with Gasteiger partial charge < -0.3 is 10.1 Å². The summed E-state index contributed by atoms with van der Waals surface area (Å²) in [5.41, 5.74) is 14.1. The molecule has 1 N–H and O–H groups in total. The minimum absolute atomic E-state index is 0. The molecule has 6 aromatic carbocycles. The Morgan fingerprint density at radius 1 is 0.688 bits per heavy atom. The summed E-state index contributed by atoms with van der Waals surface area (Å²) in [5.74, 6) is 1.25. The van der Waals surface area contributed by atoms with Crippen molar-refractivity contribution in [1.29, 1.82) is 0 Å². The number of carbonyl (C=O) groups excluding carboxylic acids is 1. The van der Waals surface area contributed by atoms with Crippen molar-refractivity contribution >= 4 is 58.8 Å². The summed E-state index contributed by atoms with van der Waals surface area (Å²) in [6.07, 6.45) is 15.1. The predicted octanol–water partition coefficient (Wildman–Crippen LogP) is 21.5. The fourth-order valence-corrected chi connectivity index (χ4v) is 13.0. The Morgan fingerprint density at radius 2 is 1.34 bits per heavy atom. The first kappa shape index (κ1) is 61.8. The number of rotatable bonds is 12. The van der Waals surface area contributed by atoms with E-state index in [9.17, 15) is 9.90 Å². The molecule has 3 heterocycles. The van der Waals surface area contributed by atoms with E-state index in [2.05, 4.69) is 197 Å². The Kier molecular flexibility index (Phi) is 20.4. The quantitative estimate of drug-likeness (QED) is 0.0752. The average molecular weight is 1260 g/mol. The van der Waals surface area contributed by atoms with Crippen LogP contribution in [0.25, 0.3) is 75.4 Å². The number of aromatic nitrogens is 2. The number of nitrogens with zero attached hydrogens (tertiary/aromatic N) is 2. The minimum atomic E-state index is 0. The molecule has 421 valence electrons. The second-order valence-corrected chi connectivity index (χ2v) is 26.5. The number of thiophene rings is 1. The van der Waals surface area contributed by atoms with Crippen LogP contribution in [0.4, 0.5) is 0 Å². The number of aliphatic hydroxyl groups excluding tert-OH is 1. The number of benzene rings is 6. The molecular weight excluding hydrogens is 1170 g/mol. The van der Waals surface area contributed by atoms with Crippen LogP contribution in [0.2, 0.25) is 0 Å². The van der Waals surface area contributed by atoms with E-state index in [4.69, 9.17) is 9.97 Å². The van der Waals surface area contributed by atoms with Crippen molar-refractivity contribution in [3.8, 4) is 33.6 Å². The van der Waals surface area contributed by atoms with Crippen LogP contribution < -0.4 is 0 Å². The fourth-order valence-electron chi connectivity index (χ4n) is 11.7. The van der Waals surface area contributed by atoms with Crippen LogP contribution in [-0.4, -0.2) is 20.9 Å². The van der Waals surface area contributed by atoms with Gasteiger partial charge in [-0.2, -0.15) is 0 Å². The Morgan fingerprint density at radius 3 is 1.99 bits per heavy atom. The SMILES string of the molecule is CC1(C)CCC(c2ccc(-c3ccnc(-c4[c-]c5ccccc5c(C(C)(C)C)c4)c3)cc2)CC1.CCC(CC)C(=O)/C=C(\O)C(CC)CC.Cc1[c-]c(-c2nccc3c2sc2c4ccc(CC(C)(C)C)cc4ccc32)cc(C)c1.[Ir]. The normalized spacial score (nSPS) is 14.0. The van der Waals surface area contributed by atoms with E-state index in [1.807, 2.05) is 51.4 Å². The monoisotopic (exact) mass is 1260 g/mol. The summed E-state index contributed by atoms with van der Waals surface area (Å²) in [5, 5.41) is 17.4. The van der Waals surface area contributed by atoms with Crippen LogP contribution in [0, 0.1) is 48.6 Å². The number of aliphatic hydroxyl groups is 1.